The number of hydrogen-bond donors (Lipinski definition) is 1. The van der Waals surface area contributed by atoms with Crippen molar-refractivity contribution < 1.29 is 48.3 Å². The minimum atomic E-state index is -5.19. The van der Waals surface area contributed by atoms with Crippen LogP contribution in [0.3, 0.4) is 0 Å². The van der Waals surface area contributed by atoms with E-state index >= 15 is 0 Å². The standard InChI is InChI=1S/C21H7Cl2F11N2/c22-7-1-3-11(9(5-7)20(29,30)31)35-19(13-14(24)16(26)18(28)17(27)15(13)25)36-12-4-2-8(23)6-10(12)21(32,33)34/h1-6H,(H,35,36). The summed E-state index contributed by atoms with van der Waals surface area (Å²) in [6.07, 6.45) is -10.4. The number of amidine groups is 1. The van der Waals surface area contributed by atoms with Crippen LogP contribution >= 0.6 is 23.2 Å². The SMILES string of the molecule is Fc1c(F)c(F)c(C(=Nc2ccc(Cl)cc2C(F)(F)F)Nc2ccc(Cl)cc2C(F)(F)F)c(F)c1F. The van der Waals surface area contributed by atoms with Crippen LogP contribution in [-0.2, 0) is 12.4 Å². The average molecular weight is 567 g/mol. The Kier molecular flexibility index (Phi) is 7.47. The van der Waals surface area contributed by atoms with E-state index in [2.05, 4.69) is 4.99 Å². The third kappa shape index (κ3) is 5.51. The molecule has 0 aliphatic rings. The van der Waals surface area contributed by atoms with Crippen molar-refractivity contribution in [3.8, 4) is 0 Å². The van der Waals surface area contributed by atoms with Gasteiger partial charge in [0.25, 0.3) is 0 Å². The van der Waals surface area contributed by atoms with Gasteiger partial charge < -0.3 is 5.32 Å². The maximum atomic E-state index is 14.5. The first-order valence-electron chi connectivity index (χ1n) is 9.13. The number of rotatable bonds is 3. The molecule has 0 bridgehead atoms. The topological polar surface area (TPSA) is 24.4 Å². The van der Waals surface area contributed by atoms with Crippen molar-refractivity contribution in [2.75, 3.05) is 5.32 Å². The molecule has 0 heterocycles. The van der Waals surface area contributed by atoms with E-state index in [-0.39, 0.29) is 0 Å². The van der Waals surface area contributed by atoms with E-state index in [0.29, 0.717) is 24.3 Å². The summed E-state index contributed by atoms with van der Waals surface area (Å²) in [7, 11) is 0. The van der Waals surface area contributed by atoms with Crippen LogP contribution in [0.5, 0.6) is 0 Å². The Morgan fingerprint density at radius 2 is 1.08 bits per heavy atom. The summed E-state index contributed by atoms with van der Waals surface area (Å²) in [6.45, 7) is 0. The Morgan fingerprint density at radius 3 is 1.58 bits per heavy atom. The van der Waals surface area contributed by atoms with Gasteiger partial charge in [-0.25, -0.2) is 26.9 Å². The molecule has 192 valence electrons. The molecule has 0 aromatic heterocycles. The van der Waals surface area contributed by atoms with E-state index in [9.17, 15) is 48.3 Å². The molecule has 3 aromatic rings. The molecular weight excluding hydrogens is 560 g/mol. The monoisotopic (exact) mass is 566 g/mol. The second-order valence-corrected chi connectivity index (χ2v) is 7.75. The molecule has 0 fully saturated rings. The van der Waals surface area contributed by atoms with Gasteiger partial charge >= 0.3 is 12.4 Å². The molecule has 0 saturated heterocycles. The highest BCUT2D eigenvalue weighted by molar-refractivity contribution is 6.31. The molecule has 15 heteroatoms. The van der Waals surface area contributed by atoms with E-state index in [1.165, 1.54) is 0 Å². The second-order valence-electron chi connectivity index (χ2n) is 6.88. The molecule has 0 aliphatic carbocycles. The third-order valence-corrected chi connectivity index (χ3v) is 4.95. The van der Waals surface area contributed by atoms with E-state index in [1.807, 2.05) is 0 Å². The van der Waals surface area contributed by atoms with E-state index < -0.39 is 85.4 Å². The number of hydrogen-bond acceptors (Lipinski definition) is 1. The lowest BCUT2D eigenvalue weighted by molar-refractivity contribution is -0.137. The number of nitrogens with zero attached hydrogens (tertiary/aromatic N) is 1. The Hall–Kier alpha value is -3.06. The van der Waals surface area contributed by atoms with Crippen LogP contribution < -0.4 is 5.32 Å². The summed E-state index contributed by atoms with van der Waals surface area (Å²) in [5.41, 5.74) is -7.36. The molecule has 0 radical (unpaired) electrons. The van der Waals surface area contributed by atoms with Crippen LogP contribution in [0.2, 0.25) is 10.0 Å². The Bertz CT molecular complexity index is 1340. The Balaban J connectivity index is 2.38. The van der Waals surface area contributed by atoms with Gasteiger partial charge in [0, 0.05) is 10.0 Å². The summed E-state index contributed by atoms with van der Waals surface area (Å²) in [6, 6.07) is 3.57. The van der Waals surface area contributed by atoms with Gasteiger partial charge in [0.2, 0.25) is 5.82 Å². The summed E-state index contributed by atoms with van der Waals surface area (Å²) in [5, 5.41) is 0.803. The van der Waals surface area contributed by atoms with Gasteiger partial charge in [-0.05, 0) is 36.4 Å². The van der Waals surface area contributed by atoms with Crippen molar-refractivity contribution in [3.63, 3.8) is 0 Å². The van der Waals surface area contributed by atoms with Crippen LogP contribution in [0.4, 0.5) is 59.7 Å². The number of nitrogens with one attached hydrogen (secondary N) is 1. The maximum absolute atomic E-state index is 14.5. The van der Waals surface area contributed by atoms with Crippen LogP contribution in [0.25, 0.3) is 0 Å². The third-order valence-electron chi connectivity index (χ3n) is 4.48. The normalized spacial score (nSPS) is 12.8. The van der Waals surface area contributed by atoms with Crippen LogP contribution in [0.1, 0.15) is 16.7 Å². The van der Waals surface area contributed by atoms with Crippen LogP contribution in [0, 0.1) is 29.1 Å². The van der Waals surface area contributed by atoms with Gasteiger partial charge in [-0.2, -0.15) is 26.3 Å². The average Bonchev–Trinajstić information content (AvgIpc) is 2.77. The fraction of sp³-hybridized carbons (Fsp3) is 0.0952. The minimum absolute atomic E-state index is 0.333. The molecule has 3 rings (SSSR count). The van der Waals surface area contributed by atoms with E-state index in [1.54, 1.807) is 5.32 Å². The predicted octanol–water partition coefficient (Wildman–Crippen LogP) is 8.92. The summed E-state index contributed by atoms with van der Waals surface area (Å²) < 4.78 is 151. The zero-order chi connectivity index (χ0) is 27.2. The van der Waals surface area contributed by atoms with Crippen molar-refractivity contribution in [3.05, 3.63) is 92.2 Å². The van der Waals surface area contributed by atoms with Crippen molar-refractivity contribution in [1.29, 1.82) is 0 Å². The number of anilines is 1. The van der Waals surface area contributed by atoms with Gasteiger partial charge in [0.05, 0.1) is 28.1 Å². The molecule has 36 heavy (non-hydrogen) atoms. The summed E-state index contributed by atoms with van der Waals surface area (Å²) in [4.78, 5) is 3.30. The van der Waals surface area contributed by atoms with E-state index in [0.717, 1.165) is 12.1 Å². The van der Waals surface area contributed by atoms with Crippen molar-refractivity contribution in [1.82, 2.24) is 0 Å². The lowest BCUT2D eigenvalue weighted by Crippen LogP contribution is -2.22. The van der Waals surface area contributed by atoms with E-state index in [4.69, 9.17) is 23.2 Å². The fourth-order valence-corrected chi connectivity index (χ4v) is 3.24. The van der Waals surface area contributed by atoms with Gasteiger partial charge in [0.1, 0.15) is 5.84 Å². The fourth-order valence-electron chi connectivity index (χ4n) is 2.90. The van der Waals surface area contributed by atoms with Crippen molar-refractivity contribution in [2.45, 2.75) is 12.4 Å². The first kappa shape index (κ1) is 27.5. The number of alkyl halides is 6. The molecular formula is C21H7Cl2F11N2. The zero-order valence-corrected chi connectivity index (χ0v) is 18.3. The highest BCUT2D eigenvalue weighted by atomic mass is 35.5. The number of aliphatic imine (C=N–C) groups is 1. The van der Waals surface area contributed by atoms with Gasteiger partial charge in [0.15, 0.2) is 23.3 Å². The van der Waals surface area contributed by atoms with Gasteiger partial charge in [-0.1, -0.05) is 23.2 Å². The molecule has 1 N–H and O–H groups in total. The Labute approximate surface area is 204 Å². The first-order valence-corrected chi connectivity index (χ1v) is 9.89. The molecule has 3 aromatic carbocycles. The van der Waals surface area contributed by atoms with Gasteiger partial charge in [-0.15, -0.1) is 0 Å². The molecule has 2 nitrogen and oxygen atoms in total. The lowest BCUT2D eigenvalue weighted by atomic mass is 10.1. The summed E-state index contributed by atoms with van der Waals surface area (Å²) in [5.74, 6) is -14.3. The Morgan fingerprint density at radius 1 is 0.639 bits per heavy atom. The first-order chi connectivity index (χ1) is 16.5. The molecule has 0 unspecified atom stereocenters. The van der Waals surface area contributed by atoms with Gasteiger partial charge in [-0.3, -0.25) is 0 Å². The molecule has 0 spiro atoms. The molecule has 0 aliphatic heterocycles. The smallest absolute Gasteiger partial charge is 0.339 e. The quantitative estimate of drug-likeness (QED) is 0.110. The van der Waals surface area contributed by atoms with Crippen LogP contribution in [0.15, 0.2) is 41.4 Å². The zero-order valence-electron chi connectivity index (χ0n) is 16.8. The van der Waals surface area contributed by atoms with Crippen molar-refractivity contribution >= 4 is 40.4 Å². The molecule has 0 saturated carbocycles. The highest BCUT2D eigenvalue weighted by Gasteiger charge is 2.37. The van der Waals surface area contributed by atoms with Crippen molar-refractivity contribution in [2.24, 2.45) is 4.99 Å². The largest absolute Gasteiger partial charge is 0.418 e. The maximum Gasteiger partial charge on any atom is 0.418 e. The number of benzene rings is 3. The number of halogens is 13. The molecule has 0 atom stereocenters. The summed E-state index contributed by atoms with van der Waals surface area (Å²) >= 11 is 11.1. The second kappa shape index (κ2) is 9.77. The highest BCUT2D eigenvalue weighted by Crippen LogP contribution is 2.40. The predicted molar refractivity (Wildman–Crippen MR) is 109 cm³/mol. The molecule has 0 amide bonds. The van der Waals surface area contributed by atoms with Crippen LogP contribution in [-0.4, -0.2) is 5.84 Å². The minimum Gasteiger partial charge on any atom is -0.339 e. The lowest BCUT2D eigenvalue weighted by Gasteiger charge is -2.18.